The molecular weight excluding hydrogens is 475 g/mol. The molecule has 1 aliphatic heterocycles. The molecule has 0 atom stereocenters. The summed E-state index contributed by atoms with van der Waals surface area (Å²) in [6.07, 6.45) is 2.96. The van der Waals surface area contributed by atoms with E-state index in [2.05, 4.69) is 31.2 Å². The summed E-state index contributed by atoms with van der Waals surface area (Å²) in [4.78, 5) is 23.2. The van der Waals surface area contributed by atoms with Crippen LogP contribution in [0.4, 0.5) is 15.9 Å². The summed E-state index contributed by atoms with van der Waals surface area (Å²) < 4.78 is 19.9. The number of carbonyl (C=O) groups is 1. The van der Waals surface area contributed by atoms with Crippen LogP contribution in [0.2, 0.25) is 0 Å². The van der Waals surface area contributed by atoms with Crippen LogP contribution in [0.25, 0.3) is 10.8 Å². The van der Waals surface area contributed by atoms with Gasteiger partial charge >= 0.3 is 0 Å². The van der Waals surface area contributed by atoms with Crippen LogP contribution in [-0.2, 0) is 0 Å². The SMILES string of the molecule is O=C(Nc1ccc2ccccc2c1)c1cnc(N2CC(Oc3cc(F)ccc3Br)C2)cn1. The minimum atomic E-state index is -0.345. The Labute approximate surface area is 192 Å². The second-order valence-corrected chi connectivity index (χ2v) is 8.35. The number of hydrogen-bond acceptors (Lipinski definition) is 5. The van der Waals surface area contributed by atoms with Gasteiger partial charge in [0.05, 0.1) is 30.0 Å². The van der Waals surface area contributed by atoms with Crippen molar-refractivity contribution in [1.29, 1.82) is 0 Å². The summed E-state index contributed by atoms with van der Waals surface area (Å²) in [7, 11) is 0. The standard InChI is InChI=1S/C24H18BrFN4O2/c25-20-8-6-17(26)10-22(20)32-19-13-30(14-19)23-12-27-21(11-28-23)24(31)29-18-7-5-15-3-1-2-4-16(15)9-18/h1-12,19H,13-14H2,(H,29,31). The van der Waals surface area contributed by atoms with Crippen molar-refractivity contribution in [2.75, 3.05) is 23.3 Å². The number of amides is 1. The number of fused-ring (bicyclic) bond motifs is 1. The molecule has 160 valence electrons. The monoisotopic (exact) mass is 492 g/mol. The van der Waals surface area contributed by atoms with E-state index in [0.717, 1.165) is 10.8 Å². The summed E-state index contributed by atoms with van der Waals surface area (Å²) in [5.74, 6) is 0.467. The maximum Gasteiger partial charge on any atom is 0.275 e. The van der Waals surface area contributed by atoms with Crippen LogP contribution < -0.4 is 15.0 Å². The van der Waals surface area contributed by atoms with Crippen molar-refractivity contribution in [3.63, 3.8) is 0 Å². The van der Waals surface area contributed by atoms with E-state index in [1.165, 1.54) is 18.3 Å². The van der Waals surface area contributed by atoms with E-state index >= 15 is 0 Å². The van der Waals surface area contributed by atoms with Crippen LogP contribution in [0, 0.1) is 5.82 Å². The molecule has 1 aromatic heterocycles. The summed E-state index contributed by atoms with van der Waals surface area (Å²) in [6.45, 7) is 1.19. The van der Waals surface area contributed by atoms with Crippen molar-refractivity contribution in [2.45, 2.75) is 6.10 Å². The molecule has 5 rings (SSSR count). The van der Waals surface area contributed by atoms with E-state index in [1.54, 1.807) is 12.3 Å². The fourth-order valence-corrected chi connectivity index (χ4v) is 3.85. The largest absolute Gasteiger partial charge is 0.485 e. The highest BCUT2D eigenvalue weighted by Crippen LogP contribution is 2.29. The van der Waals surface area contributed by atoms with Gasteiger partial charge in [0, 0.05) is 11.8 Å². The van der Waals surface area contributed by atoms with Crippen molar-refractivity contribution < 1.29 is 13.9 Å². The summed E-state index contributed by atoms with van der Waals surface area (Å²) >= 11 is 3.36. The molecule has 32 heavy (non-hydrogen) atoms. The number of aromatic nitrogens is 2. The predicted octanol–water partition coefficient (Wildman–Crippen LogP) is 5.05. The second kappa shape index (κ2) is 8.55. The van der Waals surface area contributed by atoms with E-state index < -0.39 is 0 Å². The molecular formula is C24H18BrFN4O2. The van der Waals surface area contributed by atoms with E-state index in [9.17, 15) is 9.18 Å². The Morgan fingerprint density at radius 1 is 1.03 bits per heavy atom. The first-order valence-corrected chi connectivity index (χ1v) is 10.8. The Hall–Kier alpha value is -3.52. The van der Waals surface area contributed by atoms with Gasteiger partial charge in [-0.3, -0.25) is 4.79 Å². The molecule has 1 fully saturated rings. The van der Waals surface area contributed by atoms with Gasteiger partial charge in [-0.2, -0.15) is 0 Å². The number of benzene rings is 3. The lowest BCUT2D eigenvalue weighted by molar-refractivity contribution is 0.102. The minimum Gasteiger partial charge on any atom is -0.485 e. The third kappa shape index (κ3) is 4.27. The Bertz CT molecular complexity index is 1290. The molecule has 1 amide bonds. The number of nitrogens with zero attached hydrogens (tertiary/aromatic N) is 3. The number of rotatable bonds is 5. The maximum absolute atomic E-state index is 13.4. The molecule has 1 N–H and O–H groups in total. The van der Waals surface area contributed by atoms with E-state index in [4.69, 9.17) is 4.74 Å². The second-order valence-electron chi connectivity index (χ2n) is 7.50. The molecule has 2 heterocycles. The number of ether oxygens (including phenoxy) is 1. The van der Waals surface area contributed by atoms with Crippen molar-refractivity contribution in [3.8, 4) is 5.75 Å². The first kappa shape index (κ1) is 20.4. The van der Waals surface area contributed by atoms with E-state index in [1.807, 2.05) is 47.4 Å². The number of hydrogen-bond donors (Lipinski definition) is 1. The van der Waals surface area contributed by atoms with Crippen molar-refractivity contribution in [2.24, 2.45) is 0 Å². The molecule has 0 spiro atoms. The van der Waals surface area contributed by atoms with Crippen LogP contribution in [0.1, 0.15) is 10.5 Å². The van der Waals surface area contributed by atoms with E-state index in [-0.39, 0.29) is 23.5 Å². The predicted molar refractivity (Wildman–Crippen MR) is 125 cm³/mol. The van der Waals surface area contributed by atoms with Crippen LogP contribution in [0.15, 0.2) is 77.5 Å². The third-order valence-corrected chi connectivity index (χ3v) is 5.89. The zero-order valence-corrected chi connectivity index (χ0v) is 18.4. The molecule has 0 saturated carbocycles. The van der Waals surface area contributed by atoms with Gasteiger partial charge < -0.3 is 15.0 Å². The molecule has 4 aromatic rings. The lowest BCUT2D eigenvalue weighted by Gasteiger charge is -2.39. The lowest BCUT2D eigenvalue weighted by atomic mass is 10.1. The first-order chi connectivity index (χ1) is 15.5. The van der Waals surface area contributed by atoms with Crippen molar-refractivity contribution in [3.05, 3.63) is 89.0 Å². The lowest BCUT2D eigenvalue weighted by Crippen LogP contribution is -2.54. The van der Waals surface area contributed by atoms with Gasteiger partial charge in [0.15, 0.2) is 0 Å². The molecule has 0 bridgehead atoms. The Balaban J connectivity index is 1.19. The number of nitrogens with one attached hydrogen (secondary N) is 1. The molecule has 1 aliphatic rings. The normalized spacial score (nSPS) is 13.6. The highest BCUT2D eigenvalue weighted by molar-refractivity contribution is 9.10. The van der Waals surface area contributed by atoms with Crippen LogP contribution >= 0.6 is 15.9 Å². The molecule has 1 saturated heterocycles. The van der Waals surface area contributed by atoms with Crippen LogP contribution in [0.5, 0.6) is 5.75 Å². The highest BCUT2D eigenvalue weighted by Gasteiger charge is 2.30. The average molecular weight is 493 g/mol. The van der Waals surface area contributed by atoms with Crippen molar-refractivity contribution in [1.82, 2.24) is 9.97 Å². The molecule has 0 aliphatic carbocycles. The van der Waals surface area contributed by atoms with Gasteiger partial charge in [-0.1, -0.05) is 30.3 Å². The van der Waals surface area contributed by atoms with Gasteiger partial charge in [-0.15, -0.1) is 0 Å². The third-order valence-electron chi connectivity index (χ3n) is 5.24. The molecule has 3 aromatic carbocycles. The molecule has 0 radical (unpaired) electrons. The number of anilines is 2. The quantitative estimate of drug-likeness (QED) is 0.422. The highest BCUT2D eigenvalue weighted by atomic mass is 79.9. The summed E-state index contributed by atoms with van der Waals surface area (Å²) in [5, 5.41) is 5.02. The molecule has 0 unspecified atom stereocenters. The van der Waals surface area contributed by atoms with Crippen LogP contribution in [0.3, 0.4) is 0 Å². The zero-order chi connectivity index (χ0) is 22.1. The smallest absolute Gasteiger partial charge is 0.275 e. The van der Waals surface area contributed by atoms with Crippen LogP contribution in [-0.4, -0.2) is 35.1 Å². The molecule has 8 heteroatoms. The van der Waals surface area contributed by atoms with Gasteiger partial charge in [0.25, 0.3) is 5.91 Å². The number of carbonyl (C=O) groups excluding carboxylic acids is 1. The summed E-state index contributed by atoms with van der Waals surface area (Å²) in [5.41, 5.74) is 0.935. The first-order valence-electron chi connectivity index (χ1n) is 10.0. The Kier molecular flexibility index (Phi) is 5.45. The number of halogens is 2. The Morgan fingerprint density at radius 2 is 1.84 bits per heavy atom. The van der Waals surface area contributed by atoms with Gasteiger partial charge in [0.2, 0.25) is 0 Å². The van der Waals surface area contributed by atoms with Gasteiger partial charge in [-0.05, 0) is 51.0 Å². The fourth-order valence-electron chi connectivity index (χ4n) is 3.51. The Morgan fingerprint density at radius 3 is 2.62 bits per heavy atom. The summed E-state index contributed by atoms with van der Waals surface area (Å²) in [6, 6.07) is 18.0. The van der Waals surface area contributed by atoms with E-state index in [0.29, 0.717) is 34.8 Å². The zero-order valence-electron chi connectivity index (χ0n) is 16.8. The van der Waals surface area contributed by atoms with Gasteiger partial charge in [0.1, 0.15) is 29.2 Å². The average Bonchev–Trinajstić information content (AvgIpc) is 2.78. The minimum absolute atomic E-state index is 0.0780. The van der Waals surface area contributed by atoms with Gasteiger partial charge in [-0.25, -0.2) is 14.4 Å². The molecule has 6 nitrogen and oxygen atoms in total. The van der Waals surface area contributed by atoms with Crippen molar-refractivity contribution >= 4 is 44.1 Å². The maximum atomic E-state index is 13.4. The fraction of sp³-hybridized carbons (Fsp3) is 0.125. The topological polar surface area (TPSA) is 67.4 Å².